The van der Waals surface area contributed by atoms with Gasteiger partial charge in [-0.25, -0.2) is 4.98 Å². The second kappa shape index (κ2) is 8.20. The van der Waals surface area contributed by atoms with Gasteiger partial charge in [-0.15, -0.1) is 0 Å². The molecule has 0 bridgehead atoms. The lowest BCUT2D eigenvalue weighted by Gasteiger charge is -2.26. The zero-order chi connectivity index (χ0) is 20.3. The molecule has 1 aliphatic heterocycles. The molecule has 2 aromatic carbocycles. The Morgan fingerprint density at radius 3 is 2.90 bits per heavy atom. The first-order chi connectivity index (χ1) is 14.7. The van der Waals surface area contributed by atoms with Gasteiger partial charge in [0.25, 0.3) is 5.19 Å². The third-order valence-electron chi connectivity index (χ3n) is 4.95. The number of aryl methyl sites for hydroxylation is 2. The van der Waals surface area contributed by atoms with E-state index in [9.17, 15) is 0 Å². The third kappa shape index (κ3) is 4.16. The lowest BCUT2D eigenvalue weighted by molar-refractivity contribution is 0.176. The van der Waals surface area contributed by atoms with Crippen molar-refractivity contribution in [2.45, 2.75) is 32.4 Å². The first-order valence-corrected chi connectivity index (χ1v) is 10.7. The molecule has 7 heteroatoms. The highest BCUT2D eigenvalue weighted by Gasteiger charge is 2.21. The number of rotatable bonds is 6. The maximum Gasteiger partial charge on any atom is 0.278 e. The molecule has 3 heterocycles. The Bertz CT molecular complexity index is 1140. The van der Waals surface area contributed by atoms with Crippen molar-refractivity contribution < 1.29 is 14.0 Å². The minimum absolute atomic E-state index is 0.104. The molecule has 1 atom stereocenters. The van der Waals surface area contributed by atoms with Gasteiger partial charge in [0.1, 0.15) is 17.6 Å². The summed E-state index contributed by atoms with van der Waals surface area (Å²) in [5, 5.41) is 7.66. The first-order valence-electron chi connectivity index (χ1n) is 9.87. The summed E-state index contributed by atoms with van der Waals surface area (Å²) in [6, 6.07) is 18.2. The van der Waals surface area contributed by atoms with Crippen LogP contribution in [0.5, 0.6) is 16.7 Å². The van der Waals surface area contributed by atoms with E-state index in [2.05, 4.69) is 39.7 Å². The molecule has 0 aliphatic carbocycles. The Kier molecular flexibility index (Phi) is 5.11. The fraction of sp³-hybridized carbons (Fsp3) is 0.217. The number of benzene rings is 2. The van der Waals surface area contributed by atoms with Gasteiger partial charge in [-0.1, -0.05) is 46.8 Å². The summed E-state index contributed by atoms with van der Waals surface area (Å²) < 4.78 is 17.4. The van der Waals surface area contributed by atoms with E-state index in [0.717, 1.165) is 34.9 Å². The Balaban J connectivity index is 1.22. The van der Waals surface area contributed by atoms with Gasteiger partial charge in [-0.05, 0) is 49.1 Å². The zero-order valence-electron chi connectivity index (χ0n) is 16.5. The van der Waals surface area contributed by atoms with Crippen molar-refractivity contribution >= 4 is 17.2 Å². The third-order valence-corrected chi connectivity index (χ3v) is 5.83. The first kappa shape index (κ1) is 18.7. The van der Waals surface area contributed by atoms with Gasteiger partial charge in [-0.3, -0.25) is 0 Å². The molecule has 5 rings (SSSR count). The predicted octanol–water partition coefficient (Wildman–Crippen LogP) is 5.91. The monoisotopic (exact) mass is 419 g/mol. The van der Waals surface area contributed by atoms with E-state index in [1.807, 2.05) is 43.5 Å². The Hall–Kier alpha value is -3.32. The van der Waals surface area contributed by atoms with Gasteiger partial charge < -0.3 is 19.3 Å². The summed E-state index contributed by atoms with van der Waals surface area (Å²) in [5.41, 5.74) is 3.23. The van der Waals surface area contributed by atoms with Crippen LogP contribution in [0.1, 0.15) is 34.2 Å². The molecular formula is C23H21N3O3S. The van der Waals surface area contributed by atoms with Crippen molar-refractivity contribution in [3.8, 4) is 16.7 Å². The number of fused-ring (bicyclic) bond motifs is 1. The quantitative estimate of drug-likeness (QED) is 0.419. The molecule has 0 saturated carbocycles. The van der Waals surface area contributed by atoms with Crippen LogP contribution in [-0.2, 0) is 13.0 Å². The molecule has 1 aliphatic rings. The summed E-state index contributed by atoms with van der Waals surface area (Å²) in [6.07, 6.45) is 3.82. The van der Waals surface area contributed by atoms with Crippen LogP contribution in [0.25, 0.3) is 0 Å². The number of thiazole rings is 1. The smallest absolute Gasteiger partial charge is 0.278 e. The van der Waals surface area contributed by atoms with Gasteiger partial charge >= 0.3 is 0 Å². The van der Waals surface area contributed by atoms with Gasteiger partial charge in [0.2, 0.25) is 5.88 Å². The maximum atomic E-state index is 6.21. The van der Waals surface area contributed by atoms with Gasteiger partial charge in [0.15, 0.2) is 0 Å². The molecule has 0 fully saturated rings. The second-order valence-electron chi connectivity index (χ2n) is 7.21. The van der Waals surface area contributed by atoms with E-state index in [0.29, 0.717) is 17.6 Å². The summed E-state index contributed by atoms with van der Waals surface area (Å²) in [4.78, 5) is 5.42. The number of hydrogen-bond acceptors (Lipinski definition) is 7. The average Bonchev–Trinajstić information content (AvgIpc) is 3.41. The minimum Gasteiger partial charge on any atom is -0.485 e. The number of anilines is 1. The van der Waals surface area contributed by atoms with E-state index >= 15 is 0 Å². The van der Waals surface area contributed by atoms with Crippen LogP contribution in [0.2, 0.25) is 0 Å². The molecule has 0 amide bonds. The van der Waals surface area contributed by atoms with Crippen molar-refractivity contribution in [2.24, 2.45) is 0 Å². The van der Waals surface area contributed by atoms with E-state index in [1.165, 1.54) is 22.5 Å². The highest BCUT2D eigenvalue weighted by molar-refractivity contribution is 7.13. The van der Waals surface area contributed by atoms with Crippen LogP contribution in [0.15, 0.2) is 65.3 Å². The summed E-state index contributed by atoms with van der Waals surface area (Å²) in [7, 11) is 0. The van der Waals surface area contributed by atoms with E-state index in [4.69, 9.17) is 14.0 Å². The Morgan fingerprint density at radius 2 is 2.07 bits per heavy atom. The van der Waals surface area contributed by atoms with Crippen molar-refractivity contribution in [1.82, 2.24) is 10.1 Å². The molecule has 6 nitrogen and oxygen atoms in total. The maximum absolute atomic E-state index is 6.21. The highest BCUT2D eigenvalue weighted by Crippen LogP contribution is 2.38. The standard InChI is InChI=1S/C23H21N3O3S/c1-15-11-22(29-26-15)24-13-19-14-25-23(30-19)27-18-8-10-21-17(12-18)7-9-20(28-21)16-5-3-2-4-6-16/h2-6,8,10-12,14,20,24H,7,9,13H2,1H3. The lowest BCUT2D eigenvalue weighted by Crippen LogP contribution is -2.15. The number of aromatic nitrogens is 2. The summed E-state index contributed by atoms with van der Waals surface area (Å²) in [6.45, 7) is 2.49. The van der Waals surface area contributed by atoms with Crippen LogP contribution in [0.4, 0.5) is 5.88 Å². The zero-order valence-corrected chi connectivity index (χ0v) is 17.3. The van der Waals surface area contributed by atoms with Crippen molar-refractivity contribution in [3.63, 3.8) is 0 Å². The molecule has 0 saturated heterocycles. The minimum atomic E-state index is 0.104. The average molecular weight is 420 g/mol. The number of nitrogens with zero attached hydrogens (tertiary/aromatic N) is 2. The van der Waals surface area contributed by atoms with Crippen LogP contribution in [-0.4, -0.2) is 10.1 Å². The molecule has 0 spiro atoms. The van der Waals surface area contributed by atoms with Crippen LogP contribution in [0, 0.1) is 6.92 Å². The fourth-order valence-corrected chi connectivity index (χ4v) is 4.19. The fourth-order valence-electron chi connectivity index (χ4n) is 3.47. The van der Waals surface area contributed by atoms with E-state index in [-0.39, 0.29) is 6.10 Å². The summed E-state index contributed by atoms with van der Waals surface area (Å²) >= 11 is 1.50. The molecule has 152 valence electrons. The van der Waals surface area contributed by atoms with Gasteiger partial charge in [0.05, 0.1) is 12.2 Å². The van der Waals surface area contributed by atoms with Crippen LogP contribution in [0.3, 0.4) is 0 Å². The predicted molar refractivity (Wildman–Crippen MR) is 115 cm³/mol. The Labute approximate surface area is 178 Å². The molecule has 1 N–H and O–H groups in total. The summed E-state index contributed by atoms with van der Waals surface area (Å²) in [5.74, 6) is 2.34. The van der Waals surface area contributed by atoms with Crippen LogP contribution < -0.4 is 14.8 Å². The van der Waals surface area contributed by atoms with Crippen molar-refractivity contribution in [3.05, 3.63) is 82.5 Å². The molecule has 0 radical (unpaired) electrons. The number of ether oxygens (including phenoxy) is 2. The van der Waals surface area contributed by atoms with E-state index in [1.54, 1.807) is 0 Å². The highest BCUT2D eigenvalue weighted by atomic mass is 32.1. The largest absolute Gasteiger partial charge is 0.485 e. The van der Waals surface area contributed by atoms with Gasteiger partial charge in [0, 0.05) is 17.1 Å². The topological polar surface area (TPSA) is 69.4 Å². The molecule has 4 aromatic rings. The lowest BCUT2D eigenvalue weighted by atomic mass is 9.97. The van der Waals surface area contributed by atoms with E-state index < -0.39 is 0 Å². The number of hydrogen-bond donors (Lipinski definition) is 1. The number of nitrogens with one attached hydrogen (secondary N) is 1. The van der Waals surface area contributed by atoms with Crippen molar-refractivity contribution in [1.29, 1.82) is 0 Å². The second-order valence-corrected chi connectivity index (χ2v) is 8.28. The SMILES string of the molecule is Cc1cc(NCc2cnc(Oc3ccc4c(c3)CCC(c3ccccc3)O4)s2)on1. The van der Waals surface area contributed by atoms with Crippen LogP contribution >= 0.6 is 11.3 Å². The Morgan fingerprint density at radius 1 is 1.17 bits per heavy atom. The normalized spacial score (nSPS) is 15.3. The molecule has 2 aromatic heterocycles. The molecular weight excluding hydrogens is 398 g/mol. The van der Waals surface area contributed by atoms with Crippen molar-refractivity contribution in [2.75, 3.05) is 5.32 Å². The molecule has 30 heavy (non-hydrogen) atoms. The molecule has 1 unspecified atom stereocenters. The van der Waals surface area contributed by atoms with Gasteiger partial charge in [-0.2, -0.15) is 0 Å².